The quantitative estimate of drug-likeness (QED) is 0.0614. The summed E-state index contributed by atoms with van der Waals surface area (Å²) in [6, 6.07) is 19.5. The van der Waals surface area contributed by atoms with Crippen LogP contribution in [-0.4, -0.2) is 82.8 Å². The summed E-state index contributed by atoms with van der Waals surface area (Å²) in [5.41, 5.74) is 13.6. The van der Waals surface area contributed by atoms with Crippen LogP contribution in [0.1, 0.15) is 65.0 Å². The highest BCUT2D eigenvalue weighted by atomic mass is 16.4. The zero-order valence-electron chi connectivity index (χ0n) is 34.7. The van der Waals surface area contributed by atoms with Gasteiger partial charge in [-0.2, -0.15) is 0 Å². The molecule has 4 aromatic rings. The molecule has 0 spiro atoms. The van der Waals surface area contributed by atoms with E-state index >= 15 is 0 Å². The van der Waals surface area contributed by atoms with Crippen LogP contribution in [0.25, 0.3) is 21.5 Å². The third-order valence-electron chi connectivity index (χ3n) is 10.2. The Morgan fingerprint density at radius 1 is 0.567 bits per heavy atom. The number of hydrogen-bond donors (Lipinski definition) is 8. The molecule has 15 heteroatoms. The molecule has 0 fully saturated rings. The average Bonchev–Trinajstić information content (AvgIpc) is 3.20. The van der Waals surface area contributed by atoms with Crippen molar-refractivity contribution in [3.05, 3.63) is 96.1 Å². The SMILES string of the molecule is CC(C)C[C@H](NC(=O)[C@@H](NC(=O)[C@@H](N)Cc1cccc2ccccc12)C(C)C)C(=O)N[C@@H](C)C(=O)N[C@@H](CCC(=O)O)C(=O)N[C@@H](Cc1cccc2ccccc12)C(N)=O. The van der Waals surface area contributed by atoms with Crippen LogP contribution in [0.2, 0.25) is 0 Å². The molecular formula is C45H57N7O8. The lowest BCUT2D eigenvalue weighted by atomic mass is 9.97. The molecule has 6 amide bonds. The Hall–Kier alpha value is -6.35. The first kappa shape index (κ1) is 46.3. The van der Waals surface area contributed by atoms with Gasteiger partial charge in [-0.15, -0.1) is 0 Å². The van der Waals surface area contributed by atoms with E-state index in [1.165, 1.54) is 6.92 Å². The Morgan fingerprint density at radius 2 is 1.07 bits per heavy atom. The molecule has 6 atom stereocenters. The van der Waals surface area contributed by atoms with Crippen LogP contribution in [0.5, 0.6) is 0 Å². The second-order valence-electron chi connectivity index (χ2n) is 15.9. The Balaban J connectivity index is 1.41. The summed E-state index contributed by atoms with van der Waals surface area (Å²) >= 11 is 0. The molecule has 0 heterocycles. The smallest absolute Gasteiger partial charge is 0.303 e. The van der Waals surface area contributed by atoms with Crippen LogP contribution < -0.4 is 38.1 Å². The van der Waals surface area contributed by atoms with E-state index in [0.29, 0.717) is 0 Å². The third-order valence-corrected chi connectivity index (χ3v) is 10.2. The number of amides is 6. The van der Waals surface area contributed by atoms with Gasteiger partial charge in [0.05, 0.1) is 6.04 Å². The fourth-order valence-electron chi connectivity index (χ4n) is 6.96. The van der Waals surface area contributed by atoms with E-state index in [0.717, 1.165) is 32.7 Å². The van der Waals surface area contributed by atoms with Crippen LogP contribution in [0.15, 0.2) is 84.9 Å². The molecule has 0 aliphatic heterocycles. The number of hydrogen-bond acceptors (Lipinski definition) is 8. The van der Waals surface area contributed by atoms with E-state index in [2.05, 4.69) is 26.6 Å². The van der Waals surface area contributed by atoms with Crippen LogP contribution >= 0.6 is 0 Å². The van der Waals surface area contributed by atoms with Gasteiger partial charge in [-0.05, 0) is 70.7 Å². The van der Waals surface area contributed by atoms with Crippen molar-refractivity contribution in [1.82, 2.24) is 26.6 Å². The lowest BCUT2D eigenvalue weighted by Crippen LogP contribution is -2.60. The highest BCUT2D eigenvalue weighted by Crippen LogP contribution is 2.21. The number of benzene rings is 4. The average molecular weight is 824 g/mol. The number of nitrogens with one attached hydrogen (secondary N) is 5. The van der Waals surface area contributed by atoms with Crippen molar-refractivity contribution in [3.63, 3.8) is 0 Å². The number of carbonyl (C=O) groups is 7. The van der Waals surface area contributed by atoms with Gasteiger partial charge in [0.2, 0.25) is 35.4 Å². The second-order valence-corrected chi connectivity index (χ2v) is 15.9. The van der Waals surface area contributed by atoms with Crippen molar-refractivity contribution in [1.29, 1.82) is 0 Å². The first-order chi connectivity index (χ1) is 28.4. The van der Waals surface area contributed by atoms with Crippen LogP contribution in [0, 0.1) is 11.8 Å². The summed E-state index contributed by atoms with van der Waals surface area (Å²) in [5.74, 6) is -6.03. The number of rotatable bonds is 21. The Bertz CT molecular complexity index is 2180. The predicted molar refractivity (Wildman–Crippen MR) is 229 cm³/mol. The summed E-state index contributed by atoms with van der Waals surface area (Å²) in [4.78, 5) is 91.7. The van der Waals surface area contributed by atoms with Crippen molar-refractivity contribution in [2.75, 3.05) is 0 Å². The minimum Gasteiger partial charge on any atom is -0.481 e. The van der Waals surface area contributed by atoms with E-state index in [9.17, 15) is 38.7 Å². The standard InChI is InChI=1S/C45H57N7O8/c1-25(2)22-37(51-45(60)39(26(3)4)52-42(57)34(46)23-30-16-10-14-28-12-6-8-18-32(28)30)44(59)48-27(5)41(56)49-35(20-21-38(53)54)43(58)50-36(40(47)55)24-31-17-11-15-29-13-7-9-19-33(29)31/h6-19,25-27,34-37,39H,20-24,46H2,1-5H3,(H2,47,55)(H,48,59)(H,49,56)(H,50,58)(H,51,60)(H,52,57)(H,53,54)/t27-,34-,35-,36-,37-,39-/m0/s1. The fraction of sp³-hybridized carbons (Fsp3) is 0.400. The van der Waals surface area contributed by atoms with E-state index in [4.69, 9.17) is 11.5 Å². The highest BCUT2D eigenvalue weighted by molar-refractivity contribution is 5.97. The van der Waals surface area contributed by atoms with Crippen LogP contribution in [0.4, 0.5) is 0 Å². The third kappa shape index (κ3) is 13.1. The fourth-order valence-corrected chi connectivity index (χ4v) is 6.96. The molecule has 320 valence electrons. The molecule has 4 rings (SSSR count). The number of carboxylic acids is 1. The maximum Gasteiger partial charge on any atom is 0.303 e. The van der Waals surface area contributed by atoms with E-state index < -0.39 is 84.1 Å². The molecule has 0 bridgehead atoms. The summed E-state index contributed by atoms with van der Waals surface area (Å²) < 4.78 is 0. The monoisotopic (exact) mass is 823 g/mol. The van der Waals surface area contributed by atoms with Crippen LogP contribution in [-0.2, 0) is 46.4 Å². The number of fused-ring (bicyclic) bond motifs is 2. The molecule has 0 saturated heterocycles. The largest absolute Gasteiger partial charge is 0.481 e. The number of carboxylic acid groups (broad SMARTS) is 1. The van der Waals surface area contributed by atoms with Gasteiger partial charge in [-0.25, -0.2) is 0 Å². The molecule has 60 heavy (non-hydrogen) atoms. The van der Waals surface area contributed by atoms with Gasteiger partial charge in [-0.3, -0.25) is 33.6 Å². The molecule has 0 unspecified atom stereocenters. The molecule has 15 nitrogen and oxygen atoms in total. The first-order valence-corrected chi connectivity index (χ1v) is 20.2. The minimum atomic E-state index is -1.41. The molecule has 0 saturated carbocycles. The number of carbonyl (C=O) groups excluding carboxylic acids is 6. The summed E-state index contributed by atoms with van der Waals surface area (Å²) in [6.45, 7) is 8.56. The number of aliphatic carboxylic acids is 1. The molecule has 0 aliphatic carbocycles. The maximum atomic E-state index is 13.7. The lowest BCUT2D eigenvalue weighted by molar-refractivity contribution is -0.138. The topological polar surface area (TPSA) is 252 Å². The Morgan fingerprint density at radius 3 is 1.60 bits per heavy atom. The molecular weight excluding hydrogens is 767 g/mol. The normalized spacial score (nSPS) is 14.3. The van der Waals surface area contributed by atoms with Crippen molar-refractivity contribution >= 4 is 63.0 Å². The molecule has 10 N–H and O–H groups in total. The van der Waals surface area contributed by atoms with Gasteiger partial charge >= 0.3 is 5.97 Å². The zero-order chi connectivity index (χ0) is 44.1. The van der Waals surface area contributed by atoms with Crippen molar-refractivity contribution in [2.45, 2.75) is 103 Å². The molecule has 0 radical (unpaired) electrons. The van der Waals surface area contributed by atoms with E-state index in [1.54, 1.807) is 19.9 Å². The highest BCUT2D eigenvalue weighted by Gasteiger charge is 2.33. The zero-order valence-corrected chi connectivity index (χ0v) is 34.7. The van der Waals surface area contributed by atoms with E-state index in [1.807, 2.05) is 92.7 Å². The van der Waals surface area contributed by atoms with E-state index in [-0.39, 0.29) is 37.5 Å². The molecule has 0 aliphatic rings. The summed E-state index contributed by atoms with van der Waals surface area (Å²) in [5, 5.41) is 26.3. The predicted octanol–water partition coefficient (Wildman–Crippen LogP) is 2.60. The van der Waals surface area contributed by atoms with Crippen LogP contribution in [0.3, 0.4) is 0 Å². The maximum absolute atomic E-state index is 13.7. The second kappa shape index (κ2) is 21.6. The Labute approximate surface area is 349 Å². The van der Waals surface area contributed by atoms with Crippen molar-refractivity contribution in [2.24, 2.45) is 23.3 Å². The van der Waals surface area contributed by atoms with Gasteiger partial charge in [0.15, 0.2) is 0 Å². The first-order valence-electron chi connectivity index (χ1n) is 20.2. The number of nitrogens with two attached hydrogens (primary N) is 2. The van der Waals surface area contributed by atoms with Gasteiger partial charge in [0.1, 0.15) is 30.2 Å². The molecule has 4 aromatic carbocycles. The summed E-state index contributed by atoms with van der Waals surface area (Å²) in [7, 11) is 0. The lowest BCUT2D eigenvalue weighted by Gasteiger charge is -2.28. The minimum absolute atomic E-state index is 0.0384. The summed E-state index contributed by atoms with van der Waals surface area (Å²) in [6.07, 6.45) is -0.370. The van der Waals surface area contributed by atoms with Gasteiger partial charge in [0, 0.05) is 12.8 Å². The van der Waals surface area contributed by atoms with Gasteiger partial charge in [-0.1, -0.05) is 113 Å². The Kier molecular flexibility index (Phi) is 16.7. The van der Waals surface area contributed by atoms with Gasteiger partial charge < -0.3 is 43.2 Å². The number of primary amides is 1. The molecule has 0 aromatic heterocycles. The van der Waals surface area contributed by atoms with Crippen molar-refractivity contribution in [3.8, 4) is 0 Å². The van der Waals surface area contributed by atoms with Gasteiger partial charge in [0.25, 0.3) is 0 Å². The van der Waals surface area contributed by atoms with Crippen molar-refractivity contribution < 1.29 is 38.7 Å².